The van der Waals surface area contributed by atoms with Crippen LogP contribution in [0.1, 0.15) is 25.7 Å². The van der Waals surface area contributed by atoms with Crippen LogP contribution in [0.3, 0.4) is 0 Å². The Morgan fingerprint density at radius 3 is 2.29 bits per heavy atom. The number of amides is 1. The Kier molecular flexibility index (Phi) is 2.40. The van der Waals surface area contributed by atoms with Crippen LogP contribution < -0.4 is 5.32 Å². The first kappa shape index (κ1) is 11.0. The normalized spacial score (nSPS) is 37.5. The Labute approximate surface area is 100 Å². The number of fused-ring (bicyclic) bond motifs is 3. The molecule has 0 radical (unpaired) electrons. The topological polar surface area (TPSA) is 69.6 Å². The van der Waals surface area contributed by atoms with Crippen molar-refractivity contribution in [1.29, 1.82) is 0 Å². The molecular weight excluding hydrogens is 220 g/mol. The van der Waals surface area contributed by atoms with Crippen molar-refractivity contribution in [3.8, 4) is 0 Å². The van der Waals surface area contributed by atoms with Gasteiger partial charge in [0.25, 0.3) is 0 Å². The van der Waals surface area contributed by atoms with Crippen LogP contribution in [0.15, 0.2) is 0 Å². The predicted molar refractivity (Wildman–Crippen MR) is 60.4 cm³/mol. The lowest BCUT2D eigenvalue weighted by molar-refractivity contribution is -0.149. The van der Waals surface area contributed by atoms with Crippen molar-refractivity contribution in [1.82, 2.24) is 10.2 Å². The van der Waals surface area contributed by atoms with Crippen LogP contribution in [0.2, 0.25) is 0 Å². The van der Waals surface area contributed by atoms with Crippen molar-refractivity contribution in [3.63, 3.8) is 0 Å². The highest BCUT2D eigenvalue weighted by Gasteiger charge is 2.57. The summed E-state index contributed by atoms with van der Waals surface area (Å²) in [6.45, 7) is 3.15. The second-order valence-electron chi connectivity index (χ2n) is 5.61. The molecule has 0 aromatic heterocycles. The van der Waals surface area contributed by atoms with E-state index >= 15 is 0 Å². The maximum atomic E-state index is 12.0. The van der Waals surface area contributed by atoms with Gasteiger partial charge < -0.3 is 15.3 Å². The summed E-state index contributed by atoms with van der Waals surface area (Å²) in [4.78, 5) is 25.4. The molecule has 5 heteroatoms. The first-order valence-corrected chi connectivity index (χ1v) is 6.38. The third-order valence-corrected chi connectivity index (χ3v) is 4.57. The molecule has 94 valence electrons. The third-order valence-electron chi connectivity index (χ3n) is 4.57. The van der Waals surface area contributed by atoms with Gasteiger partial charge in [-0.05, 0) is 44.7 Å². The third kappa shape index (κ3) is 1.73. The van der Waals surface area contributed by atoms with Gasteiger partial charge in [0.1, 0.15) is 5.41 Å². The van der Waals surface area contributed by atoms with Gasteiger partial charge in [0.05, 0.1) is 0 Å². The van der Waals surface area contributed by atoms with Gasteiger partial charge in [-0.3, -0.25) is 9.59 Å². The number of rotatable bonds is 3. The fraction of sp³-hybridized carbons (Fsp3) is 0.833. The summed E-state index contributed by atoms with van der Waals surface area (Å²) in [5.74, 6) is -0.673. The van der Waals surface area contributed by atoms with Crippen LogP contribution in [0, 0.1) is 11.3 Å². The molecule has 1 atom stereocenters. The summed E-state index contributed by atoms with van der Waals surface area (Å²) in [5, 5.41) is 12.0. The quantitative estimate of drug-likeness (QED) is 0.682. The number of nitrogens with one attached hydrogen (secondary N) is 1. The van der Waals surface area contributed by atoms with Crippen molar-refractivity contribution in [2.45, 2.75) is 31.7 Å². The molecule has 3 saturated heterocycles. The fourth-order valence-electron chi connectivity index (χ4n) is 3.10. The number of carbonyl (C=O) groups is 2. The van der Waals surface area contributed by atoms with Gasteiger partial charge in [0.15, 0.2) is 0 Å². The molecular formula is C12H18N2O3. The first-order chi connectivity index (χ1) is 8.12. The number of hydrogen-bond donors (Lipinski definition) is 2. The molecule has 0 spiro atoms. The lowest BCUT2D eigenvalue weighted by atomic mass is 9.83. The number of hydrogen-bond acceptors (Lipinski definition) is 3. The highest BCUT2D eigenvalue weighted by atomic mass is 16.4. The monoisotopic (exact) mass is 238 g/mol. The van der Waals surface area contributed by atoms with E-state index in [1.165, 1.54) is 0 Å². The standard InChI is InChI=1S/C12H18N2O3/c15-10(12(3-4-12)11(16)17)13-9-7-14-5-1-8(9)2-6-14/h8-9H,1-7H2,(H,13,15)(H,16,17). The van der Waals surface area contributed by atoms with Crippen molar-refractivity contribution >= 4 is 11.9 Å². The Morgan fingerprint density at radius 2 is 1.88 bits per heavy atom. The molecule has 4 rings (SSSR count). The number of carbonyl (C=O) groups excluding carboxylic acids is 1. The molecule has 1 saturated carbocycles. The molecule has 4 fully saturated rings. The summed E-state index contributed by atoms with van der Waals surface area (Å²) >= 11 is 0. The molecule has 3 aliphatic heterocycles. The first-order valence-electron chi connectivity index (χ1n) is 6.38. The van der Waals surface area contributed by atoms with Crippen molar-refractivity contribution in [2.75, 3.05) is 19.6 Å². The number of carboxylic acid groups (broad SMARTS) is 1. The second kappa shape index (κ2) is 3.70. The smallest absolute Gasteiger partial charge is 0.319 e. The molecule has 4 aliphatic rings. The van der Waals surface area contributed by atoms with Gasteiger partial charge in [0, 0.05) is 12.6 Å². The van der Waals surface area contributed by atoms with Crippen molar-refractivity contribution in [2.24, 2.45) is 11.3 Å². The molecule has 17 heavy (non-hydrogen) atoms. The van der Waals surface area contributed by atoms with E-state index in [0.717, 1.165) is 32.5 Å². The maximum Gasteiger partial charge on any atom is 0.319 e. The van der Waals surface area contributed by atoms with E-state index in [2.05, 4.69) is 10.2 Å². The van der Waals surface area contributed by atoms with Gasteiger partial charge in [-0.25, -0.2) is 0 Å². The van der Waals surface area contributed by atoms with Crippen LogP contribution in [0.4, 0.5) is 0 Å². The van der Waals surface area contributed by atoms with Crippen LogP contribution in [-0.2, 0) is 9.59 Å². The van der Waals surface area contributed by atoms with Crippen LogP contribution >= 0.6 is 0 Å². The number of aliphatic carboxylic acids is 1. The van der Waals surface area contributed by atoms with E-state index in [1.54, 1.807) is 0 Å². The highest BCUT2D eigenvalue weighted by molar-refractivity contribution is 6.04. The lowest BCUT2D eigenvalue weighted by Crippen LogP contribution is -2.58. The second-order valence-corrected chi connectivity index (χ2v) is 5.61. The Bertz CT molecular complexity index is 357. The van der Waals surface area contributed by atoms with E-state index in [-0.39, 0.29) is 11.9 Å². The van der Waals surface area contributed by atoms with Crippen LogP contribution in [-0.4, -0.2) is 47.6 Å². The van der Waals surface area contributed by atoms with Gasteiger partial charge in [-0.1, -0.05) is 0 Å². The summed E-state index contributed by atoms with van der Waals surface area (Å²) < 4.78 is 0. The minimum Gasteiger partial charge on any atom is -0.480 e. The average Bonchev–Trinajstić information content (AvgIpc) is 3.11. The Balaban J connectivity index is 1.64. The predicted octanol–water partition coefficient (Wildman–Crippen LogP) is 0.0616. The molecule has 0 aromatic carbocycles. The van der Waals surface area contributed by atoms with Crippen molar-refractivity contribution < 1.29 is 14.7 Å². The Morgan fingerprint density at radius 1 is 1.24 bits per heavy atom. The molecule has 2 N–H and O–H groups in total. The summed E-state index contributed by atoms with van der Waals surface area (Å²) in [5.41, 5.74) is -1.09. The van der Waals surface area contributed by atoms with E-state index < -0.39 is 11.4 Å². The molecule has 2 bridgehead atoms. The van der Waals surface area contributed by atoms with Gasteiger partial charge in [0.2, 0.25) is 5.91 Å². The maximum absolute atomic E-state index is 12.0. The Hall–Kier alpha value is -1.10. The molecule has 1 amide bonds. The van der Waals surface area contributed by atoms with Crippen molar-refractivity contribution in [3.05, 3.63) is 0 Å². The summed E-state index contributed by atoms with van der Waals surface area (Å²) in [6.07, 6.45) is 3.25. The van der Waals surface area contributed by atoms with E-state index in [4.69, 9.17) is 5.11 Å². The number of carboxylic acids is 1. The summed E-state index contributed by atoms with van der Waals surface area (Å²) in [7, 11) is 0. The zero-order valence-electron chi connectivity index (χ0n) is 9.82. The molecule has 1 aliphatic carbocycles. The highest BCUT2D eigenvalue weighted by Crippen LogP contribution is 2.46. The summed E-state index contributed by atoms with van der Waals surface area (Å²) in [6, 6.07) is 0.168. The van der Waals surface area contributed by atoms with Crippen LogP contribution in [0.5, 0.6) is 0 Å². The van der Waals surface area contributed by atoms with E-state index in [9.17, 15) is 9.59 Å². The molecule has 5 nitrogen and oxygen atoms in total. The van der Waals surface area contributed by atoms with Crippen LogP contribution in [0.25, 0.3) is 0 Å². The fourth-order valence-corrected chi connectivity index (χ4v) is 3.10. The minimum atomic E-state index is -1.09. The zero-order valence-corrected chi connectivity index (χ0v) is 9.82. The van der Waals surface area contributed by atoms with Gasteiger partial charge >= 0.3 is 5.97 Å². The SMILES string of the molecule is O=C(O)C1(C(=O)NC2CN3CCC2CC3)CC1. The zero-order chi connectivity index (χ0) is 12.0. The number of piperidine rings is 3. The largest absolute Gasteiger partial charge is 0.480 e. The molecule has 0 aromatic rings. The van der Waals surface area contributed by atoms with Gasteiger partial charge in [-0.2, -0.15) is 0 Å². The number of nitrogens with zero attached hydrogens (tertiary/aromatic N) is 1. The average molecular weight is 238 g/mol. The van der Waals surface area contributed by atoms with Gasteiger partial charge in [-0.15, -0.1) is 0 Å². The van der Waals surface area contributed by atoms with E-state index in [0.29, 0.717) is 18.8 Å². The molecule has 1 unspecified atom stereocenters. The molecule has 3 heterocycles. The van der Waals surface area contributed by atoms with E-state index in [1.807, 2.05) is 0 Å². The lowest BCUT2D eigenvalue weighted by Gasteiger charge is -2.45. The minimum absolute atomic E-state index is 0.168.